The maximum Gasteiger partial charge on any atom is 0.330 e. The molecule has 1 aromatic rings. The van der Waals surface area contributed by atoms with Gasteiger partial charge in [-0.3, -0.25) is 4.79 Å². The molecule has 0 saturated heterocycles. The lowest BCUT2D eigenvalue weighted by Gasteiger charge is -2.35. The van der Waals surface area contributed by atoms with Crippen molar-refractivity contribution >= 4 is 21.9 Å². The Morgan fingerprint density at radius 2 is 1.53 bits per heavy atom. The van der Waals surface area contributed by atoms with Crippen LogP contribution in [-0.2, 0) is 44.5 Å². The summed E-state index contributed by atoms with van der Waals surface area (Å²) in [5.41, 5.74) is 1.23. The lowest BCUT2D eigenvalue weighted by atomic mass is 9.76. The maximum absolute atomic E-state index is 11.6. The summed E-state index contributed by atoms with van der Waals surface area (Å²) in [6.07, 6.45) is 14.7. The Bertz CT molecular complexity index is 894. The lowest BCUT2D eigenvalue weighted by Crippen LogP contribution is -3.00. The van der Waals surface area contributed by atoms with Crippen LogP contribution in [0.1, 0.15) is 58.4 Å². The van der Waals surface area contributed by atoms with Crippen LogP contribution in [0.3, 0.4) is 0 Å². The highest BCUT2D eigenvalue weighted by atomic mass is 127. The van der Waals surface area contributed by atoms with E-state index in [2.05, 4.69) is 19.1 Å². The molecule has 3 aliphatic rings. The van der Waals surface area contributed by atoms with Crippen molar-refractivity contribution in [2.45, 2.75) is 65.6 Å². The van der Waals surface area contributed by atoms with Gasteiger partial charge in [0.15, 0.2) is 0 Å². The topological polar surface area (TPSA) is 78.9 Å². The second-order valence-electron chi connectivity index (χ2n) is 11.1. The van der Waals surface area contributed by atoms with Gasteiger partial charge in [-0.15, -0.1) is 4.21 Å². The van der Waals surface area contributed by atoms with E-state index in [0.717, 1.165) is 25.2 Å². The van der Waals surface area contributed by atoms with Gasteiger partial charge in [0.25, 0.3) is 0 Å². The van der Waals surface area contributed by atoms with Gasteiger partial charge in [0, 0.05) is 6.08 Å². The Kier molecular flexibility index (Phi) is 16.0. The average Bonchev–Trinajstić information content (AvgIpc) is 3.56. The molecule has 2 atom stereocenters. The predicted octanol–water partition coefficient (Wildman–Crippen LogP) is 2.71. The van der Waals surface area contributed by atoms with E-state index in [-0.39, 0.29) is 41.8 Å². The van der Waals surface area contributed by atoms with E-state index in [0.29, 0.717) is 43.7 Å². The van der Waals surface area contributed by atoms with E-state index >= 15 is 0 Å². The Morgan fingerprint density at radius 3 is 2.05 bits per heavy atom. The van der Waals surface area contributed by atoms with Crippen LogP contribution in [-0.4, -0.2) is 50.0 Å². The Hall–Kier alpha value is -1.26. The summed E-state index contributed by atoms with van der Waals surface area (Å²) in [6, 6.07) is 10.3. The van der Waals surface area contributed by atoms with E-state index in [1.807, 2.05) is 38.1 Å². The van der Waals surface area contributed by atoms with Gasteiger partial charge in [-0.05, 0) is 75.2 Å². The number of carbonyl (C=O) groups is 2. The molecule has 3 fully saturated rings. The molecular weight excluding hydrogens is 615 g/mol. The number of hydrogen-bond acceptors (Lipinski definition) is 6. The third kappa shape index (κ3) is 14.2. The standard InChI is InChI=1S/C17H22O3.C10H16O2.C3H9OS.HI/c1-2-19-17(18)16-10-15(16)13-8-14(9-13)20-11-12-6-4-3-5-7-12;1-3-12-10(11)5-4-9-6-8(2)7-9;1-5(2,3)4;/h3-7,13-16H,2,8-11H2,1H3;4-5,8-9H,3,6-7H2,1-2H3;1-3H3;1H/q;;+1;/p-1/b;5-4+;;/t13?,14?,15-,16+;;;/m1.../s1. The molecule has 6 nitrogen and oxygen atoms in total. The number of carbonyl (C=O) groups excluding carboxylic acids is 2. The molecule has 3 saturated carbocycles. The fourth-order valence-electron chi connectivity index (χ4n) is 4.66. The van der Waals surface area contributed by atoms with E-state index < -0.39 is 9.93 Å². The largest absolute Gasteiger partial charge is 1.00 e. The smallest absolute Gasteiger partial charge is 0.330 e. The van der Waals surface area contributed by atoms with Gasteiger partial charge >= 0.3 is 11.9 Å². The van der Waals surface area contributed by atoms with Crippen LogP contribution in [0.25, 0.3) is 0 Å². The van der Waals surface area contributed by atoms with Gasteiger partial charge < -0.3 is 38.2 Å². The lowest BCUT2D eigenvalue weighted by molar-refractivity contribution is -0.145. The van der Waals surface area contributed by atoms with Crippen LogP contribution in [0, 0.1) is 29.6 Å². The zero-order valence-corrected chi connectivity index (χ0v) is 26.9. The summed E-state index contributed by atoms with van der Waals surface area (Å²) in [5.74, 6) is 2.65. The molecule has 1 aromatic carbocycles. The fourth-order valence-corrected chi connectivity index (χ4v) is 4.66. The summed E-state index contributed by atoms with van der Waals surface area (Å²) >= 11 is 0. The van der Waals surface area contributed by atoms with Crippen LogP contribution < -0.4 is 24.0 Å². The SMILES string of the molecule is CCOC(=O)/C=C/C1CC(C)C1.CCOC(=O)[C@H]1C[C@@H]1C1CC(OCc2ccccc2)C1.C[S+](C)(C)=O.[I-]. The first-order chi connectivity index (χ1) is 17.5. The summed E-state index contributed by atoms with van der Waals surface area (Å²) in [5, 5.41) is 0. The van der Waals surface area contributed by atoms with Gasteiger partial charge in [-0.25, -0.2) is 4.79 Å². The predicted molar refractivity (Wildman–Crippen MR) is 149 cm³/mol. The molecule has 0 aromatic heterocycles. The minimum Gasteiger partial charge on any atom is -1.00 e. The van der Waals surface area contributed by atoms with Crippen LogP contribution >= 0.6 is 0 Å². The molecule has 8 heteroatoms. The second kappa shape index (κ2) is 17.4. The second-order valence-corrected chi connectivity index (χ2v) is 14.5. The van der Waals surface area contributed by atoms with Crippen molar-refractivity contribution in [1.29, 1.82) is 0 Å². The van der Waals surface area contributed by atoms with E-state index in [4.69, 9.17) is 14.2 Å². The molecule has 0 N–H and O–H groups in total. The first kappa shape index (κ1) is 34.8. The molecule has 0 bridgehead atoms. The van der Waals surface area contributed by atoms with Crippen molar-refractivity contribution in [1.82, 2.24) is 0 Å². The minimum atomic E-state index is -1.42. The number of benzene rings is 1. The number of allylic oxidation sites excluding steroid dienone is 1. The van der Waals surface area contributed by atoms with Gasteiger partial charge in [0.2, 0.25) is 0 Å². The molecule has 0 unspecified atom stereocenters. The Balaban J connectivity index is 0.000000343. The molecule has 0 amide bonds. The third-order valence-corrected chi connectivity index (χ3v) is 6.70. The van der Waals surface area contributed by atoms with E-state index in [1.165, 1.54) is 18.4 Å². The zero-order valence-electron chi connectivity index (χ0n) is 23.9. The van der Waals surface area contributed by atoms with Crippen LogP contribution in [0.2, 0.25) is 0 Å². The average molecular weight is 663 g/mol. The molecule has 3 aliphatic carbocycles. The van der Waals surface area contributed by atoms with Crippen molar-refractivity contribution in [3.63, 3.8) is 0 Å². The van der Waals surface area contributed by atoms with Gasteiger partial charge in [0.1, 0.15) is 18.8 Å². The van der Waals surface area contributed by atoms with Crippen molar-refractivity contribution in [3.05, 3.63) is 48.0 Å². The van der Waals surface area contributed by atoms with Crippen molar-refractivity contribution in [2.24, 2.45) is 29.6 Å². The van der Waals surface area contributed by atoms with Crippen molar-refractivity contribution in [3.8, 4) is 0 Å². The summed E-state index contributed by atoms with van der Waals surface area (Å²) in [6.45, 7) is 7.57. The van der Waals surface area contributed by atoms with E-state index in [1.54, 1.807) is 24.8 Å². The monoisotopic (exact) mass is 662 g/mol. The van der Waals surface area contributed by atoms with E-state index in [9.17, 15) is 13.8 Å². The molecule has 216 valence electrons. The molecule has 4 rings (SSSR count). The molecule has 0 aliphatic heterocycles. The summed E-state index contributed by atoms with van der Waals surface area (Å²) < 4.78 is 25.9. The number of ether oxygens (including phenoxy) is 3. The zero-order chi connectivity index (χ0) is 27.4. The van der Waals surface area contributed by atoms with Crippen molar-refractivity contribution < 1.29 is 52.0 Å². The molecule has 38 heavy (non-hydrogen) atoms. The first-order valence-corrected chi connectivity index (χ1v) is 16.3. The summed E-state index contributed by atoms with van der Waals surface area (Å²) in [7, 11) is -1.42. The van der Waals surface area contributed by atoms with Crippen LogP contribution in [0.4, 0.5) is 0 Å². The number of halogens is 1. The third-order valence-electron chi connectivity index (χ3n) is 6.70. The number of rotatable bonds is 9. The molecular formula is C30H47IO6S. The normalized spacial score (nSPS) is 27.1. The fraction of sp³-hybridized carbons (Fsp3) is 0.667. The van der Waals surface area contributed by atoms with Crippen LogP contribution in [0.5, 0.6) is 0 Å². The van der Waals surface area contributed by atoms with Gasteiger partial charge in [0.05, 0.1) is 41.8 Å². The Labute approximate surface area is 248 Å². The highest BCUT2D eigenvalue weighted by molar-refractivity contribution is 8.00. The van der Waals surface area contributed by atoms with Gasteiger partial charge in [-0.1, -0.05) is 43.3 Å². The van der Waals surface area contributed by atoms with Crippen molar-refractivity contribution in [2.75, 3.05) is 32.0 Å². The summed E-state index contributed by atoms with van der Waals surface area (Å²) in [4.78, 5) is 22.5. The van der Waals surface area contributed by atoms with Gasteiger partial charge in [-0.2, -0.15) is 0 Å². The highest BCUT2D eigenvalue weighted by Crippen LogP contribution is 2.52. The maximum atomic E-state index is 11.6. The minimum absolute atomic E-state index is 0. The number of esters is 2. The number of hydrogen-bond donors (Lipinski definition) is 0. The molecule has 0 heterocycles. The quantitative estimate of drug-likeness (QED) is 0.175. The molecule has 0 radical (unpaired) electrons. The Morgan fingerprint density at radius 1 is 0.947 bits per heavy atom. The van der Waals surface area contributed by atoms with Crippen LogP contribution in [0.15, 0.2) is 42.5 Å². The first-order valence-electron chi connectivity index (χ1n) is 13.6. The molecule has 0 spiro atoms. The highest BCUT2D eigenvalue weighted by Gasteiger charge is 2.52.